The maximum atomic E-state index is 4.74. The topological polar surface area (TPSA) is 68.2 Å². The van der Waals surface area contributed by atoms with Crippen LogP contribution in [0.4, 0.5) is 0 Å². The molecule has 9 nitrogen and oxygen atoms in total. The minimum Gasteiger partial charge on any atom is -0.309 e. The van der Waals surface area contributed by atoms with E-state index in [4.69, 9.17) is 4.98 Å². The van der Waals surface area contributed by atoms with Crippen LogP contribution in [0.5, 0.6) is 0 Å². The number of benzene rings is 21. The minimum absolute atomic E-state index is 1.04. The molecular weight excluding hydrogens is 1820 g/mol. The summed E-state index contributed by atoms with van der Waals surface area (Å²) in [4.78, 5) is 13.8. The van der Waals surface area contributed by atoms with E-state index in [1.165, 1.54) is 164 Å². The summed E-state index contributed by atoms with van der Waals surface area (Å²) in [5, 5.41) is 14.9. The Bertz CT molecular complexity index is 10300. The van der Waals surface area contributed by atoms with Crippen molar-refractivity contribution < 1.29 is 0 Å². The van der Waals surface area contributed by atoms with Crippen LogP contribution in [-0.2, 0) is 0 Å². The first-order valence-electron chi connectivity index (χ1n) is 51.1. The van der Waals surface area contributed by atoms with Crippen molar-refractivity contribution in [2.75, 3.05) is 0 Å². The van der Waals surface area contributed by atoms with E-state index in [2.05, 4.69) is 553 Å². The highest BCUT2D eigenvalue weighted by Crippen LogP contribution is 2.47. The summed E-state index contributed by atoms with van der Waals surface area (Å²) in [6, 6.07) is 190. The highest BCUT2D eigenvalue weighted by Gasteiger charge is 2.25. The van der Waals surface area contributed by atoms with Gasteiger partial charge in [0.25, 0.3) is 0 Å². The lowest BCUT2D eigenvalue weighted by Gasteiger charge is -2.12. The number of pyridine rings is 3. The smallest absolute Gasteiger partial charge is 0.0651 e. The molecule has 9 aromatic heterocycles. The van der Waals surface area contributed by atoms with Gasteiger partial charge in [-0.15, -0.1) is 0 Å². The highest BCUT2D eigenvalue weighted by atomic mass is 15.0. The van der Waals surface area contributed by atoms with Gasteiger partial charge in [0, 0.05) is 146 Å². The van der Waals surface area contributed by atoms with Crippen LogP contribution in [-0.4, -0.2) is 42.4 Å². The Hall–Kier alpha value is -20.1. The second-order valence-corrected chi connectivity index (χ2v) is 38.6. The SMILES string of the molecule is c1ccc(-c2ccc3c(c2)c2cc(-n4c5ccccc5c5ccccc54)ccc2n3-c2cccc(-c3cccnc3)c2)cc1.c1ccc(-c2cccc(-c3ccc4c(c3)c3cc(-n5c6ccccc6c6ccccc65)ccc3n4-c3cccc(-c4cncc(-c5ccccc5)c4)c3)c2)cc1.c1ccc(-c2cccc(-c3ccc4c(c3)c3cc(-n5c6ccccc6c6ccccc65)ccc3n4-c3cncc(-c4ccccc4)c3)c2)cc1. The van der Waals surface area contributed by atoms with Crippen molar-refractivity contribution in [3.05, 3.63) is 565 Å². The molecule has 30 rings (SSSR count). The first-order chi connectivity index (χ1) is 74.4. The van der Waals surface area contributed by atoms with Crippen molar-refractivity contribution in [3.63, 3.8) is 0 Å². The standard InChI is InChI=1S/C53H35N3.C47H31N3.C41H27N3/c1-3-13-36(14-4-1)38-17-11-18-39(29-38)41-25-27-52-48(32-41)49-33-45(56-50-23-9-7-21-46(50)47-22-8-10-24-51(47)56)26-28-53(49)55(52)44-20-12-19-40(31-44)43-30-42(34-54-35-43)37-15-5-2-6-16-37;1-3-12-32(13-4-1)34-16-11-17-35(26-34)36-22-24-46-42(28-36)43-29-38(49-44-20-9-7-18-40(44)41-19-8-10-21-45(41)49)23-25-47(43)50(46)39-27-37(30-48-31-39)33-14-5-2-6-15-33;1-2-10-28(11-3-1)30-19-21-40-36(25-30)37-26-33(44-38-17-6-4-15-34(38)35-16-5-7-18-39(35)44)20-22-41(37)43(40)32-14-8-12-29(24-32)31-13-9-23-42-27-31/h1-35H;1-31H;1-27H. The second-order valence-electron chi connectivity index (χ2n) is 38.6. The fraction of sp³-hybridized carbons (Fsp3) is 0. The summed E-state index contributed by atoms with van der Waals surface area (Å²) in [7, 11) is 0. The van der Waals surface area contributed by atoms with Gasteiger partial charge in [-0.2, -0.15) is 0 Å². The maximum Gasteiger partial charge on any atom is 0.0651 e. The number of nitrogens with zero attached hydrogens (tertiary/aromatic N) is 9. The van der Waals surface area contributed by atoms with Gasteiger partial charge >= 0.3 is 0 Å². The molecule has 0 amide bonds. The lowest BCUT2D eigenvalue weighted by molar-refractivity contribution is 1.14. The summed E-state index contributed by atoms with van der Waals surface area (Å²) in [6.45, 7) is 0. The summed E-state index contributed by atoms with van der Waals surface area (Å²) in [5.74, 6) is 0. The molecule has 150 heavy (non-hydrogen) atoms. The first kappa shape index (κ1) is 87.6. The third-order valence-electron chi connectivity index (χ3n) is 29.9. The van der Waals surface area contributed by atoms with E-state index in [9.17, 15) is 0 Å². The minimum atomic E-state index is 1.04. The van der Waals surface area contributed by atoms with Crippen LogP contribution in [0.25, 0.3) is 265 Å². The normalized spacial score (nSPS) is 11.6. The highest BCUT2D eigenvalue weighted by molar-refractivity contribution is 6.18. The molecule has 702 valence electrons. The zero-order chi connectivity index (χ0) is 99.1. The molecule has 9 heteroatoms. The second kappa shape index (κ2) is 37.2. The molecule has 0 aliphatic rings. The summed E-state index contributed by atoms with van der Waals surface area (Å²) < 4.78 is 14.4. The fourth-order valence-corrected chi connectivity index (χ4v) is 23.0. The third kappa shape index (κ3) is 15.5. The first-order valence-corrected chi connectivity index (χ1v) is 51.1. The molecule has 0 aliphatic heterocycles. The zero-order valence-corrected chi connectivity index (χ0v) is 81.7. The van der Waals surface area contributed by atoms with Gasteiger partial charge in [-0.05, 0) is 260 Å². The molecule has 0 fully saturated rings. The van der Waals surface area contributed by atoms with E-state index in [0.29, 0.717) is 0 Å². The number of hydrogen-bond acceptors (Lipinski definition) is 3. The van der Waals surface area contributed by atoms with E-state index >= 15 is 0 Å². The summed E-state index contributed by atoms with van der Waals surface area (Å²) >= 11 is 0. The van der Waals surface area contributed by atoms with Crippen molar-refractivity contribution in [2.45, 2.75) is 0 Å². The van der Waals surface area contributed by atoms with E-state index in [1.54, 1.807) is 0 Å². The van der Waals surface area contributed by atoms with Gasteiger partial charge in [0.05, 0.1) is 78.1 Å². The van der Waals surface area contributed by atoms with E-state index in [-0.39, 0.29) is 0 Å². The van der Waals surface area contributed by atoms with E-state index in [0.717, 1.165) is 101 Å². The number of rotatable bonds is 15. The fourth-order valence-electron chi connectivity index (χ4n) is 23.0. The Morgan fingerprint density at radius 2 is 0.300 bits per heavy atom. The predicted molar refractivity (Wildman–Crippen MR) is 628 cm³/mol. The molecule has 21 aromatic carbocycles. The Morgan fingerprint density at radius 1 is 0.100 bits per heavy atom. The van der Waals surface area contributed by atoms with Crippen LogP contribution < -0.4 is 0 Å². The number of para-hydroxylation sites is 6. The molecule has 0 atom stereocenters. The summed E-state index contributed by atoms with van der Waals surface area (Å²) in [6.07, 6.45) is 11.6. The van der Waals surface area contributed by atoms with Crippen LogP contribution in [0.3, 0.4) is 0 Å². The van der Waals surface area contributed by atoms with Crippen molar-refractivity contribution >= 4 is 131 Å². The molecule has 0 unspecified atom stereocenters. The van der Waals surface area contributed by atoms with Gasteiger partial charge in [0.15, 0.2) is 0 Å². The molecule has 0 saturated carbocycles. The van der Waals surface area contributed by atoms with Crippen molar-refractivity contribution in [2.24, 2.45) is 0 Å². The van der Waals surface area contributed by atoms with Crippen molar-refractivity contribution in [1.82, 2.24) is 42.4 Å². The molecule has 0 saturated heterocycles. The molecule has 0 aliphatic carbocycles. The van der Waals surface area contributed by atoms with Gasteiger partial charge in [-0.25, -0.2) is 0 Å². The maximum absolute atomic E-state index is 4.74. The molecule has 30 aromatic rings. The number of hydrogen-bond donors (Lipinski definition) is 0. The van der Waals surface area contributed by atoms with Crippen LogP contribution in [0.15, 0.2) is 565 Å². The number of aromatic nitrogens is 9. The average molecular weight is 1910 g/mol. The molecule has 0 spiro atoms. The largest absolute Gasteiger partial charge is 0.309 e. The Labute approximate surface area is 866 Å². The summed E-state index contributed by atoms with van der Waals surface area (Å²) in [5.41, 5.74) is 41.9. The van der Waals surface area contributed by atoms with Crippen LogP contribution >= 0.6 is 0 Å². The molecule has 0 N–H and O–H groups in total. The quantitative estimate of drug-likeness (QED) is 0.103. The van der Waals surface area contributed by atoms with Gasteiger partial charge in [-0.3, -0.25) is 15.0 Å². The third-order valence-corrected chi connectivity index (χ3v) is 29.9. The van der Waals surface area contributed by atoms with Gasteiger partial charge < -0.3 is 27.4 Å². The van der Waals surface area contributed by atoms with Gasteiger partial charge in [-0.1, -0.05) is 346 Å². The molecular formula is C141H93N9. The Morgan fingerprint density at radius 3 is 0.633 bits per heavy atom. The predicted octanol–water partition coefficient (Wildman–Crippen LogP) is 36.8. The van der Waals surface area contributed by atoms with Crippen molar-refractivity contribution in [1.29, 1.82) is 0 Å². The monoisotopic (exact) mass is 1910 g/mol. The molecule has 9 heterocycles. The molecule has 0 radical (unpaired) electrons. The average Bonchev–Trinajstić information content (AvgIpc) is 1.57. The van der Waals surface area contributed by atoms with Crippen molar-refractivity contribution in [3.8, 4) is 134 Å². The zero-order valence-electron chi connectivity index (χ0n) is 81.7. The Balaban J connectivity index is 0.000000109. The number of fused-ring (bicyclic) bond motifs is 18. The Kier molecular flexibility index (Phi) is 21.8. The van der Waals surface area contributed by atoms with Crippen LogP contribution in [0, 0.1) is 0 Å². The lowest BCUT2D eigenvalue weighted by Crippen LogP contribution is -1.97. The van der Waals surface area contributed by atoms with E-state index < -0.39 is 0 Å². The lowest BCUT2D eigenvalue weighted by atomic mass is 9.98. The van der Waals surface area contributed by atoms with E-state index in [1.807, 2.05) is 49.3 Å². The van der Waals surface area contributed by atoms with Gasteiger partial charge in [0.2, 0.25) is 0 Å². The van der Waals surface area contributed by atoms with Crippen LogP contribution in [0.1, 0.15) is 0 Å². The van der Waals surface area contributed by atoms with Crippen LogP contribution in [0.2, 0.25) is 0 Å². The van der Waals surface area contributed by atoms with Gasteiger partial charge in [0.1, 0.15) is 0 Å². The molecule has 0 bridgehead atoms.